The van der Waals surface area contributed by atoms with Crippen LogP contribution in [0.4, 0.5) is 0 Å². The lowest BCUT2D eigenvalue weighted by molar-refractivity contribution is 0.0594. The molecule has 0 fully saturated rings. The van der Waals surface area contributed by atoms with Gasteiger partial charge in [0, 0.05) is 22.2 Å². The molecule has 4 heteroatoms. The molecule has 0 aliphatic heterocycles. The summed E-state index contributed by atoms with van der Waals surface area (Å²) < 4.78 is 4.77. The first-order valence-corrected chi connectivity index (χ1v) is 6.34. The molecule has 0 saturated carbocycles. The topological polar surface area (TPSA) is 42.1 Å². The summed E-state index contributed by atoms with van der Waals surface area (Å²) in [6.45, 7) is 0. The second-order valence-corrected chi connectivity index (χ2v) is 4.31. The lowest BCUT2D eigenvalue weighted by atomic mass is 10.1. The molecule has 0 radical (unpaired) electrons. The molecular formula is C12H13NO2S. The summed E-state index contributed by atoms with van der Waals surface area (Å²) in [7, 11) is 1.40. The Labute approximate surface area is 98.2 Å². The molecule has 0 atom stereocenters. The van der Waals surface area contributed by atoms with Gasteiger partial charge in [-0.2, -0.15) is 11.8 Å². The number of carbonyl (C=O) groups is 1. The Morgan fingerprint density at radius 2 is 2.19 bits per heavy atom. The molecule has 0 aliphatic carbocycles. The Morgan fingerprint density at radius 1 is 1.44 bits per heavy atom. The predicted octanol–water partition coefficient (Wildman–Crippen LogP) is 2.82. The lowest BCUT2D eigenvalue weighted by Gasteiger charge is -2.00. The van der Waals surface area contributed by atoms with Crippen molar-refractivity contribution in [1.82, 2.24) is 4.98 Å². The molecule has 0 bridgehead atoms. The number of aromatic nitrogens is 1. The van der Waals surface area contributed by atoms with Crippen molar-refractivity contribution < 1.29 is 9.53 Å². The molecule has 16 heavy (non-hydrogen) atoms. The maximum atomic E-state index is 11.6. The number of ether oxygens (including phenoxy) is 1. The Morgan fingerprint density at radius 3 is 2.88 bits per heavy atom. The normalized spacial score (nSPS) is 10.6. The fourth-order valence-corrected chi connectivity index (χ4v) is 2.36. The van der Waals surface area contributed by atoms with E-state index in [0.29, 0.717) is 5.69 Å². The van der Waals surface area contributed by atoms with E-state index in [4.69, 9.17) is 4.74 Å². The van der Waals surface area contributed by atoms with E-state index >= 15 is 0 Å². The number of fused-ring (bicyclic) bond motifs is 1. The number of benzene rings is 1. The minimum absolute atomic E-state index is 0.305. The van der Waals surface area contributed by atoms with E-state index in [1.807, 2.05) is 30.5 Å². The predicted molar refractivity (Wildman–Crippen MR) is 66.9 cm³/mol. The molecule has 0 saturated heterocycles. The Bertz CT molecular complexity index is 519. The van der Waals surface area contributed by atoms with Crippen LogP contribution in [-0.4, -0.2) is 24.3 Å². The van der Waals surface area contributed by atoms with E-state index < -0.39 is 0 Å². The monoisotopic (exact) mass is 235 g/mol. The van der Waals surface area contributed by atoms with Gasteiger partial charge in [-0.3, -0.25) is 0 Å². The molecule has 84 valence electrons. The summed E-state index contributed by atoms with van der Waals surface area (Å²) >= 11 is 1.69. The average Bonchev–Trinajstić information content (AvgIpc) is 2.68. The fourth-order valence-electron chi connectivity index (χ4n) is 1.77. The van der Waals surface area contributed by atoms with Crippen molar-refractivity contribution in [3.8, 4) is 0 Å². The molecule has 0 unspecified atom stereocenters. The molecule has 1 aromatic carbocycles. The van der Waals surface area contributed by atoms with Gasteiger partial charge in [-0.25, -0.2) is 4.79 Å². The molecule has 1 aromatic heterocycles. The Kier molecular flexibility index (Phi) is 3.19. The van der Waals surface area contributed by atoms with Gasteiger partial charge in [-0.05, 0) is 12.3 Å². The summed E-state index contributed by atoms with van der Waals surface area (Å²) in [5.41, 5.74) is 2.57. The Hall–Kier alpha value is -1.42. The van der Waals surface area contributed by atoms with Gasteiger partial charge in [0.2, 0.25) is 0 Å². The Balaban J connectivity index is 2.62. The van der Waals surface area contributed by atoms with Crippen molar-refractivity contribution in [3.63, 3.8) is 0 Å². The molecule has 2 aromatic rings. The van der Waals surface area contributed by atoms with Crippen LogP contribution in [0.3, 0.4) is 0 Å². The fraction of sp³-hybridized carbons (Fsp3) is 0.250. The third-order valence-corrected chi connectivity index (χ3v) is 3.07. The van der Waals surface area contributed by atoms with Crippen molar-refractivity contribution in [2.75, 3.05) is 13.4 Å². The minimum Gasteiger partial charge on any atom is -0.464 e. The van der Waals surface area contributed by atoms with Crippen molar-refractivity contribution in [2.45, 2.75) is 5.75 Å². The van der Waals surface area contributed by atoms with Crippen LogP contribution in [0.2, 0.25) is 0 Å². The third-order valence-electron chi connectivity index (χ3n) is 2.49. The van der Waals surface area contributed by atoms with Crippen molar-refractivity contribution in [2.24, 2.45) is 0 Å². The maximum absolute atomic E-state index is 11.6. The van der Waals surface area contributed by atoms with Gasteiger partial charge >= 0.3 is 5.97 Å². The number of carbonyl (C=O) groups excluding carboxylic acids is 1. The number of H-pyrrole nitrogens is 1. The van der Waals surface area contributed by atoms with Crippen LogP contribution in [-0.2, 0) is 10.5 Å². The van der Waals surface area contributed by atoms with Crippen LogP contribution in [0, 0.1) is 0 Å². The van der Waals surface area contributed by atoms with Gasteiger partial charge in [0.25, 0.3) is 0 Å². The molecular weight excluding hydrogens is 222 g/mol. The van der Waals surface area contributed by atoms with E-state index in [0.717, 1.165) is 22.2 Å². The van der Waals surface area contributed by atoms with Gasteiger partial charge < -0.3 is 9.72 Å². The molecule has 0 amide bonds. The van der Waals surface area contributed by atoms with Crippen LogP contribution < -0.4 is 0 Å². The van der Waals surface area contributed by atoms with E-state index in [-0.39, 0.29) is 5.97 Å². The zero-order chi connectivity index (χ0) is 11.5. The summed E-state index contributed by atoms with van der Waals surface area (Å²) in [5, 5.41) is 1.09. The van der Waals surface area contributed by atoms with Gasteiger partial charge in [-0.15, -0.1) is 0 Å². The van der Waals surface area contributed by atoms with Gasteiger partial charge in [-0.1, -0.05) is 18.2 Å². The molecule has 1 N–H and O–H groups in total. The van der Waals surface area contributed by atoms with Crippen molar-refractivity contribution in [1.29, 1.82) is 0 Å². The first-order valence-electron chi connectivity index (χ1n) is 4.94. The van der Waals surface area contributed by atoms with Gasteiger partial charge in [0.1, 0.15) is 5.69 Å². The van der Waals surface area contributed by atoms with Crippen LogP contribution in [0.25, 0.3) is 10.9 Å². The molecule has 3 nitrogen and oxygen atoms in total. The standard InChI is InChI=1S/C12H13NO2S/c1-15-12(14)11-9(7-16-2)8-5-3-4-6-10(8)13-11/h3-6,13H,7H2,1-2H3. The number of rotatable bonds is 3. The van der Waals surface area contributed by atoms with Crippen molar-refractivity contribution >= 4 is 28.6 Å². The van der Waals surface area contributed by atoms with E-state index in [1.54, 1.807) is 11.8 Å². The van der Waals surface area contributed by atoms with Gasteiger partial charge in [0.15, 0.2) is 0 Å². The second kappa shape index (κ2) is 4.61. The first-order chi connectivity index (χ1) is 7.77. The minimum atomic E-state index is -0.305. The second-order valence-electron chi connectivity index (χ2n) is 3.45. The summed E-state index contributed by atoms with van der Waals surface area (Å²) in [5.74, 6) is 0.495. The van der Waals surface area contributed by atoms with Crippen LogP contribution in [0.5, 0.6) is 0 Å². The van der Waals surface area contributed by atoms with Gasteiger partial charge in [0.05, 0.1) is 7.11 Å². The smallest absolute Gasteiger partial charge is 0.354 e. The number of methoxy groups -OCH3 is 1. The van der Waals surface area contributed by atoms with E-state index in [2.05, 4.69) is 4.98 Å². The zero-order valence-corrected chi connectivity index (χ0v) is 10.1. The first kappa shape index (κ1) is 11.1. The van der Waals surface area contributed by atoms with Crippen molar-refractivity contribution in [3.05, 3.63) is 35.5 Å². The SMILES string of the molecule is COC(=O)c1[nH]c2ccccc2c1CSC. The lowest BCUT2D eigenvalue weighted by Crippen LogP contribution is -2.04. The third kappa shape index (κ3) is 1.80. The number of hydrogen-bond donors (Lipinski definition) is 1. The highest BCUT2D eigenvalue weighted by atomic mass is 32.2. The zero-order valence-electron chi connectivity index (χ0n) is 9.24. The van der Waals surface area contributed by atoms with E-state index in [1.165, 1.54) is 7.11 Å². The summed E-state index contributed by atoms with van der Waals surface area (Å²) in [6.07, 6.45) is 2.02. The maximum Gasteiger partial charge on any atom is 0.354 e. The highest BCUT2D eigenvalue weighted by molar-refractivity contribution is 7.97. The van der Waals surface area contributed by atoms with E-state index in [9.17, 15) is 4.79 Å². The number of esters is 1. The van der Waals surface area contributed by atoms with Crippen LogP contribution >= 0.6 is 11.8 Å². The molecule has 1 heterocycles. The molecule has 2 rings (SSSR count). The molecule has 0 spiro atoms. The number of nitrogens with one attached hydrogen (secondary N) is 1. The number of para-hydroxylation sites is 1. The van der Waals surface area contributed by atoms with Crippen LogP contribution in [0.1, 0.15) is 16.1 Å². The number of aromatic amines is 1. The highest BCUT2D eigenvalue weighted by Gasteiger charge is 2.17. The number of thioether (sulfide) groups is 1. The quantitative estimate of drug-likeness (QED) is 0.832. The summed E-state index contributed by atoms with van der Waals surface area (Å²) in [6, 6.07) is 7.90. The van der Waals surface area contributed by atoms with Crippen LogP contribution in [0.15, 0.2) is 24.3 Å². The number of hydrogen-bond acceptors (Lipinski definition) is 3. The summed E-state index contributed by atoms with van der Waals surface area (Å²) in [4.78, 5) is 14.7. The average molecular weight is 235 g/mol. The highest BCUT2D eigenvalue weighted by Crippen LogP contribution is 2.25. The largest absolute Gasteiger partial charge is 0.464 e. The molecule has 0 aliphatic rings.